The van der Waals surface area contributed by atoms with Crippen molar-refractivity contribution in [3.05, 3.63) is 24.8 Å². The van der Waals surface area contributed by atoms with Crippen molar-refractivity contribution in [3.8, 4) is 23.7 Å². The molecule has 0 saturated carbocycles. The first-order valence-electron chi connectivity index (χ1n) is 19.3. The van der Waals surface area contributed by atoms with Gasteiger partial charge in [-0.05, 0) is 93.9 Å². The van der Waals surface area contributed by atoms with E-state index in [0.29, 0.717) is 26.2 Å². The number of nitrogens with one attached hydrogen (secondary N) is 1. The first-order valence-corrected chi connectivity index (χ1v) is 19.3. The van der Waals surface area contributed by atoms with Crippen LogP contribution in [0.3, 0.4) is 0 Å². The van der Waals surface area contributed by atoms with Gasteiger partial charge >= 0.3 is 14.2 Å². The molecule has 14 heteroatoms. The summed E-state index contributed by atoms with van der Waals surface area (Å²) < 4.78 is 47.6. The van der Waals surface area contributed by atoms with Gasteiger partial charge in [-0.15, -0.1) is 11.8 Å². The van der Waals surface area contributed by atoms with Crippen LogP contribution in [0.2, 0.25) is 0 Å². The maximum absolute atomic E-state index is 6.04. The molecule has 0 spiro atoms. The lowest BCUT2D eigenvalue weighted by Crippen LogP contribution is -2.41. The molecular formula is C39H62B2N4O8. The first-order chi connectivity index (χ1) is 25.2. The van der Waals surface area contributed by atoms with Crippen molar-refractivity contribution in [3.63, 3.8) is 0 Å². The van der Waals surface area contributed by atoms with E-state index in [2.05, 4.69) is 45.9 Å². The van der Waals surface area contributed by atoms with Crippen LogP contribution >= 0.6 is 0 Å². The third-order valence-electron chi connectivity index (χ3n) is 10.2. The minimum atomic E-state index is -0.384. The molecule has 292 valence electrons. The minimum Gasteiger partial charge on any atom is -0.399 e. The SMILES string of the molecule is CC1(C)OB(c2cn[nH]c2)OC1(C)C.CC1(C)OB(c2cnn(CC#CCCOC3CCCCO3)c2)OC1(C)C.CCC#CCCOC1CCCCO1. The van der Waals surface area contributed by atoms with Crippen LogP contribution in [0.15, 0.2) is 24.8 Å². The van der Waals surface area contributed by atoms with Crippen LogP contribution in [0.5, 0.6) is 0 Å². The van der Waals surface area contributed by atoms with Gasteiger partial charge in [0.05, 0.1) is 35.6 Å². The molecule has 0 bridgehead atoms. The van der Waals surface area contributed by atoms with E-state index in [0.717, 1.165) is 56.2 Å². The quantitative estimate of drug-likeness (QED) is 0.210. The fourth-order valence-corrected chi connectivity index (χ4v) is 5.54. The van der Waals surface area contributed by atoms with Crippen LogP contribution in [0.1, 0.15) is 120 Å². The maximum atomic E-state index is 6.04. The molecular weight excluding hydrogens is 674 g/mol. The Hall–Kier alpha value is -2.65. The molecule has 0 aliphatic carbocycles. The van der Waals surface area contributed by atoms with Gasteiger partial charge < -0.3 is 37.6 Å². The Morgan fingerprint density at radius 2 is 1.23 bits per heavy atom. The summed E-state index contributed by atoms with van der Waals surface area (Å²) in [7, 11) is -0.690. The molecule has 0 aromatic carbocycles. The smallest absolute Gasteiger partial charge is 0.399 e. The first kappa shape index (κ1) is 43.1. The number of H-pyrrole nitrogens is 1. The summed E-state index contributed by atoms with van der Waals surface area (Å²) >= 11 is 0. The summed E-state index contributed by atoms with van der Waals surface area (Å²) in [4.78, 5) is 0. The van der Waals surface area contributed by atoms with Crippen molar-refractivity contribution in [1.82, 2.24) is 20.0 Å². The maximum Gasteiger partial charge on any atom is 0.498 e. The normalized spacial score (nSPS) is 23.7. The molecule has 2 unspecified atom stereocenters. The molecule has 0 amide bonds. The molecule has 0 radical (unpaired) electrons. The van der Waals surface area contributed by atoms with E-state index in [1.165, 1.54) is 19.3 Å². The van der Waals surface area contributed by atoms with Gasteiger partial charge in [-0.25, -0.2) is 0 Å². The summed E-state index contributed by atoms with van der Waals surface area (Å²) in [6.07, 6.45) is 16.4. The Balaban J connectivity index is 0.000000196. The fraction of sp³-hybridized carbons (Fsp3) is 0.744. The molecule has 12 nitrogen and oxygen atoms in total. The van der Waals surface area contributed by atoms with Crippen molar-refractivity contribution in [2.75, 3.05) is 26.4 Å². The Morgan fingerprint density at radius 1 is 0.717 bits per heavy atom. The molecule has 6 rings (SSSR count). The molecule has 4 aliphatic heterocycles. The second-order valence-corrected chi connectivity index (χ2v) is 15.6. The lowest BCUT2D eigenvalue weighted by Gasteiger charge is -2.32. The Bertz CT molecular complexity index is 1450. The van der Waals surface area contributed by atoms with Gasteiger partial charge in [0.15, 0.2) is 12.6 Å². The molecule has 4 aliphatic rings. The standard InChI is InChI=1S/C19H29BN2O4.C11H18O2.C9H15BN2O2/c1-18(2)19(3,4)26-20(25-18)16-14-21-22(15-16)11-7-5-8-12-23-17-10-6-9-13-24-17;1-2-3-4-6-9-12-11-8-5-7-10-13-11;1-8(2)9(3,4)14-10(13-8)7-5-11-12-6-7/h14-15,17H,6,8-13H2,1-4H3;11H,2,5-10H2,1H3;5-6H,1-4H3,(H,11,12). The predicted molar refractivity (Wildman–Crippen MR) is 206 cm³/mol. The number of ether oxygens (including phenoxy) is 4. The predicted octanol–water partition coefficient (Wildman–Crippen LogP) is 5.16. The molecule has 4 fully saturated rings. The van der Waals surface area contributed by atoms with Crippen LogP contribution in [-0.4, -0.2) is 95.6 Å². The van der Waals surface area contributed by atoms with Crippen molar-refractivity contribution in [2.24, 2.45) is 0 Å². The third-order valence-corrected chi connectivity index (χ3v) is 10.2. The number of hydrogen-bond donors (Lipinski definition) is 1. The zero-order chi connectivity index (χ0) is 38.4. The average molecular weight is 737 g/mol. The van der Waals surface area contributed by atoms with E-state index in [4.69, 9.17) is 37.6 Å². The van der Waals surface area contributed by atoms with Crippen LogP contribution in [0, 0.1) is 23.7 Å². The van der Waals surface area contributed by atoms with Crippen molar-refractivity contribution in [1.29, 1.82) is 0 Å². The second kappa shape index (κ2) is 20.3. The third kappa shape index (κ3) is 13.3. The molecule has 4 saturated heterocycles. The Morgan fingerprint density at radius 3 is 1.68 bits per heavy atom. The molecule has 53 heavy (non-hydrogen) atoms. The molecule has 2 atom stereocenters. The number of aromatic nitrogens is 4. The molecule has 2 aromatic rings. The molecule has 6 heterocycles. The highest BCUT2D eigenvalue weighted by molar-refractivity contribution is 6.62. The summed E-state index contributed by atoms with van der Waals surface area (Å²) in [5.74, 6) is 12.3. The van der Waals surface area contributed by atoms with Crippen molar-refractivity contribution in [2.45, 2.75) is 162 Å². The van der Waals surface area contributed by atoms with E-state index in [1.54, 1.807) is 23.3 Å². The van der Waals surface area contributed by atoms with E-state index >= 15 is 0 Å². The van der Waals surface area contributed by atoms with Gasteiger partial charge in [0.2, 0.25) is 0 Å². The van der Waals surface area contributed by atoms with Gasteiger partial charge in [0.25, 0.3) is 0 Å². The van der Waals surface area contributed by atoms with E-state index in [9.17, 15) is 0 Å². The highest BCUT2D eigenvalue weighted by Gasteiger charge is 2.53. The summed E-state index contributed by atoms with van der Waals surface area (Å²) in [6.45, 7) is 21.9. The summed E-state index contributed by atoms with van der Waals surface area (Å²) in [5, 5.41) is 11.0. The summed E-state index contributed by atoms with van der Waals surface area (Å²) in [5.41, 5.74) is 0.597. The van der Waals surface area contributed by atoms with Gasteiger partial charge in [-0.2, -0.15) is 10.2 Å². The highest BCUT2D eigenvalue weighted by atomic mass is 16.7. The van der Waals surface area contributed by atoms with Gasteiger partial charge in [0.1, 0.15) is 6.54 Å². The zero-order valence-electron chi connectivity index (χ0n) is 33.6. The summed E-state index contributed by atoms with van der Waals surface area (Å²) in [6, 6.07) is 0. The van der Waals surface area contributed by atoms with Crippen LogP contribution in [-0.2, 0) is 44.1 Å². The fourth-order valence-electron chi connectivity index (χ4n) is 5.54. The number of hydrogen-bond acceptors (Lipinski definition) is 10. The van der Waals surface area contributed by atoms with E-state index in [1.807, 2.05) is 61.6 Å². The van der Waals surface area contributed by atoms with Crippen LogP contribution < -0.4 is 10.9 Å². The van der Waals surface area contributed by atoms with Crippen molar-refractivity contribution >= 4 is 25.2 Å². The van der Waals surface area contributed by atoms with Gasteiger partial charge in [-0.1, -0.05) is 18.8 Å². The Labute approximate surface area is 318 Å². The minimum absolute atomic E-state index is 0.0391. The molecule has 1 N–H and O–H groups in total. The topological polar surface area (TPSA) is 120 Å². The number of nitrogens with zero attached hydrogens (tertiary/aromatic N) is 3. The monoisotopic (exact) mass is 736 g/mol. The zero-order valence-corrected chi connectivity index (χ0v) is 33.6. The number of aromatic amines is 1. The van der Waals surface area contributed by atoms with Crippen LogP contribution in [0.4, 0.5) is 0 Å². The lowest BCUT2D eigenvalue weighted by molar-refractivity contribution is -0.161. The average Bonchev–Trinajstić information content (AvgIpc) is 3.91. The van der Waals surface area contributed by atoms with Gasteiger partial charge in [-0.3, -0.25) is 9.78 Å². The second-order valence-electron chi connectivity index (χ2n) is 15.6. The Kier molecular flexibility index (Phi) is 16.5. The number of rotatable bonds is 9. The van der Waals surface area contributed by atoms with Crippen LogP contribution in [0.25, 0.3) is 0 Å². The van der Waals surface area contributed by atoms with Gasteiger partial charge in [0, 0.05) is 68.2 Å². The molecule has 2 aromatic heterocycles. The largest absolute Gasteiger partial charge is 0.498 e. The van der Waals surface area contributed by atoms with E-state index < -0.39 is 0 Å². The highest BCUT2D eigenvalue weighted by Crippen LogP contribution is 2.37. The van der Waals surface area contributed by atoms with E-state index in [-0.39, 0.29) is 49.2 Å². The van der Waals surface area contributed by atoms with Crippen molar-refractivity contribution < 1.29 is 37.6 Å². The lowest BCUT2D eigenvalue weighted by atomic mass is 9.82.